The second kappa shape index (κ2) is 6.15. The summed E-state index contributed by atoms with van der Waals surface area (Å²) in [6.07, 6.45) is 1.94. The van der Waals surface area contributed by atoms with Crippen LogP contribution >= 0.6 is 0 Å². The first-order valence-corrected chi connectivity index (χ1v) is 6.36. The molecule has 0 aliphatic rings. The van der Waals surface area contributed by atoms with Gasteiger partial charge in [-0.3, -0.25) is 9.89 Å². The molecular formula is C14H18N4O. The molecule has 4 N–H and O–H groups in total. The monoisotopic (exact) mass is 258 g/mol. The molecule has 1 aromatic carbocycles. The summed E-state index contributed by atoms with van der Waals surface area (Å²) in [7, 11) is 0. The normalized spacial score (nSPS) is 12.1. The van der Waals surface area contributed by atoms with Crippen molar-refractivity contribution in [2.45, 2.75) is 25.8 Å². The zero-order valence-corrected chi connectivity index (χ0v) is 10.9. The highest BCUT2D eigenvalue weighted by Crippen LogP contribution is 2.13. The first-order valence-electron chi connectivity index (χ1n) is 6.36. The molecule has 0 fully saturated rings. The molecule has 0 spiro atoms. The number of carbonyl (C=O) groups excluding carboxylic acids is 1. The number of H-pyrrole nitrogens is 1. The lowest BCUT2D eigenvalue weighted by Crippen LogP contribution is -2.27. The van der Waals surface area contributed by atoms with Crippen molar-refractivity contribution in [1.29, 1.82) is 0 Å². The van der Waals surface area contributed by atoms with Gasteiger partial charge in [-0.15, -0.1) is 0 Å². The molecule has 5 nitrogen and oxygen atoms in total. The summed E-state index contributed by atoms with van der Waals surface area (Å²) in [4.78, 5) is 12.0. The van der Waals surface area contributed by atoms with E-state index in [1.165, 1.54) is 0 Å². The third-order valence-electron chi connectivity index (χ3n) is 2.84. The highest BCUT2D eigenvalue weighted by atomic mass is 16.2. The summed E-state index contributed by atoms with van der Waals surface area (Å²) in [5.41, 5.74) is 7.69. The summed E-state index contributed by atoms with van der Waals surface area (Å²) >= 11 is 0. The topological polar surface area (TPSA) is 83.8 Å². The number of rotatable bonds is 5. The number of aryl methyl sites for hydroxylation is 1. The van der Waals surface area contributed by atoms with Crippen molar-refractivity contribution in [3.8, 4) is 0 Å². The number of nitrogens with one attached hydrogen (secondary N) is 2. The van der Waals surface area contributed by atoms with Gasteiger partial charge in [0.1, 0.15) is 6.04 Å². The predicted molar refractivity (Wildman–Crippen MR) is 74.6 cm³/mol. The molecule has 1 aromatic heterocycles. The summed E-state index contributed by atoms with van der Waals surface area (Å²) in [5.74, 6) is 0.251. The van der Waals surface area contributed by atoms with Crippen molar-refractivity contribution in [3.05, 3.63) is 47.7 Å². The van der Waals surface area contributed by atoms with E-state index in [9.17, 15) is 4.79 Å². The van der Waals surface area contributed by atoms with E-state index in [2.05, 4.69) is 22.4 Å². The van der Waals surface area contributed by atoms with Crippen LogP contribution in [0, 0.1) is 0 Å². The van der Waals surface area contributed by atoms with Crippen molar-refractivity contribution in [2.75, 3.05) is 5.32 Å². The summed E-state index contributed by atoms with van der Waals surface area (Å²) < 4.78 is 0. The molecule has 100 valence electrons. The Balaban J connectivity index is 2.00. The lowest BCUT2D eigenvalue weighted by Gasteiger charge is -2.10. The number of aromatic nitrogens is 2. The minimum Gasteiger partial charge on any atom is -0.316 e. The third kappa shape index (κ3) is 3.42. The lowest BCUT2D eigenvalue weighted by molar-refractivity contribution is -0.117. The van der Waals surface area contributed by atoms with E-state index in [0.29, 0.717) is 5.82 Å². The Hall–Kier alpha value is -2.14. The van der Waals surface area contributed by atoms with Gasteiger partial charge in [0.25, 0.3) is 0 Å². The van der Waals surface area contributed by atoms with Crippen LogP contribution in [0.5, 0.6) is 0 Å². The van der Waals surface area contributed by atoms with Crippen molar-refractivity contribution in [1.82, 2.24) is 10.2 Å². The van der Waals surface area contributed by atoms with Crippen molar-refractivity contribution >= 4 is 11.7 Å². The Bertz CT molecular complexity index is 535. The fourth-order valence-electron chi connectivity index (χ4n) is 1.84. The van der Waals surface area contributed by atoms with E-state index in [0.717, 1.165) is 24.1 Å². The number of nitrogens with zero attached hydrogens (tertiary/aromatic N) is 1. The molecule has 0 radical (unpaired) electrons. The number of hydrogen-bond acceptors (Lipinski definition) is 3. The average molecular weight is 258 g/mol. The molecule has 0 saturated heterocycles. The Morgan fingerprint density at radius 2 is 2.16 bits per heavy atom. The maximum atomic E-state index is 12.0. The molecule has 19 heavy (non-hydrogen) atoms. The lowest BCUT2D eigenvalue weighted by atomic mass is 10.1. The highest BCUT2D eigenvalue weighted by molar-refractivity contribution is 5.94. The number of hydrogen-bond donors (Lipinski definition) is 3. The third-order valence-corrected chi connectivity index (χ3v) is 2.84. The molecule has 2 rings (SSSR count). The van der Waals surface area contributed by atoms with E-state index in [-0.39, 0.29) is 5.91 Å². The van der Waals surface area contributed by atoms with E-state index in [4.69, 9.17) is 5.73 Å². The van der Waals surface area contributed by atoms with Gasteiger partial charge in [0.05, 0.1) is 0 Å². The molecular weight excluding hydrogens is 240 g/mol. The largest absolute Gasteiger partial charge is 0.316 e. The summed E-state index contributed by atoms with van der Waals surface area (Å²) in [5, 5.41) is 9.64. The second-order valence-corrected chi connectivity index (χ2v) is 4.41. The van der Waals surface area contributed by atoms with Gasteiger partial charge in [-0.2, -0.15) is 5.10 Å². The van der Waals surface area contributed by atoms with E-state index in [1.807, 2.05) is 36.4 Å². The molecule has 2 aromatic rings. The van der Waals surface area contributed by atoms with Crippen LogP contribution in [0.3, 0.4) is 0 Å². The predicted octanol–water partition coefficient (Wildman–Crippen LogP) is 2.00. The van der Waals surface area contributed by atoms with Gasteiger partial charge in [0.2, 0.25) is 5.91 Å². The molecule has 5 heteroatoms. The minimum atomic E-state index is -0.687. The first-order chi connectivity index (χ1) is 9.20. The Labute approximate surface area is 112 Å². The van der Waals surface area contributed by atoms with E-state index < -0.39 is 6.04 Å². The fourth-order valence-corrected chi connectivity index (χ4v) is 1.84. The summed E-state index contributed by atoms with van der Waals surface area (Å²) in [6, 6.07) is 10.4. The maximum absolute atomic E-state index is 12.0. The van der Waals surface area contributed by atoms with Gasteiger partial charge in [0.15, 0.2) is 5.82 Å². The van der Waals surface area contributed by atoms with E-state index >= 15 is 0 Å². The van der Waals surface area contributed by atoms with Crippen molar-refractivity contribution < 1.29 is 4.79 Å². The molecule has 1 amide bonds. The Morgan fingerprint density at radius 3 is 2.84 bits per heavy atom. The minimum absolute atomic E-state index is 0.263. The summed E-state index contributed by atoms with van der Waals surface area (Å²) in [6.45, 7) is 2.09. The van der Waals surface area contributed by atoms with Crippen LogP contribution in [-0.4, -0.2) is 16.1 Å². The van der Waals surface area contributed by atoms with Gasteiger partial charge in [-0.1, -0.05) is 43.7 Å². The highest BCUT2D eigenvalue weighted by Gasteiger charge is 2.16. The first kappa shape index (κ1) is 13.3. The number of aromatic amines is 1. The molecule has 0 bridgehead atoms. The van der Waals surface area contributed by atoms with Gasteiger partial charge >= 0.3 is 0 Å². The quantitative estimate of drug-likeness (QED) is 0.767. The number of benzene rings is 1. The Kier molecular flexibility index (Phi) is 4.30. The van der Waals surface area contributed by atoms with Crippen LogP contribution in [0.2, 0.25) is 0 Å². The van der Waals surface area contributed by atoms with Gasteiger partial charge in [-0.25, -0.2) is 0 Å². The SMILES string of the molecule is CCCc1cc(NC(=O)C(N)c2ccccc2)n[nH]1. The van der Waals surface area contributed by atoms with Gasteiger partial charge in [-0.05, 0) is 12.0 Å². The van der Waals surface area contributed by atoms with Crippen LogP contribution in [0.4, 0.5) is 5.82 Å². The molecule has 0 aliphatic carbocycles. The molecule has 0 saturated carbocycles. The smallest absolute Gasteiger partial charge is 0.247 e. The second-order valence-electron chi connectivity index (χ2n) is 4.41. The molecule has 0 aliphatic heterocycles. The maximum Gasteiger partial charge on any atom is 0.247 e. The van der Waals surface area contributed by atoms with E-state index in [1.54, 1.807) is 0 Å². The number of anilines is 1. The Morgan fingerprint density at radius 1 is 1.42 bits per heavy atom. The fraction of sp³-hybridized carbons (Fsp3) is 0.286. The average Bonchev–Trinajstić information content (AvgIpc) is 2.86. The number of nitrogens with two attached hydrogens (primary N) is 1. The number of carbonyl (C=O) groups is 1. The standard InChI is InChI=1S/C14H18N4O/c1-2-6-11-9-12(18-17-11)16-14(19)13(15)10-7-4-3-5-8-10/h3-5,7-9,13H,2,6,15H2,1H3,(H2,16,17,18,19). The van der Waals surface area contributed by atoms with Gasteiger partial charge in [0, 0.05) is 11.8 Å². The van der Waals surface area contributed by atoms with Crippen molar-refractivity contribution in [3.63, 3.8) is 0 Å². The van der Waals surface area contributed by atoms with Crippen LogP contribution in [0.15, 0.2) is 36.4 Å². The zero-order chi connectivity index (χ0) is 13.7. The molecule has 1 atom stereocenters. The van der Waals surface area contributed by atoms with Crippen LogP contribution < -0.4 is 11.1 Å². The number of amides is 1. The van der Waals surface area contributed by atoms with Crippen LogP contribution in [0.1, 0.15) is 30.6 Å². The van der Waals surface area contributed by atoms with Gasteiger partial charge < -0.3 is 11.1 Å². The zero-order valence-electron chi connectivity index (χ0n) is 10.9. The van der Waals surface area contributed by atoms with Crippen LogP contribution in [0.25, 0.3) is 0 Å². The van der Waals surface area contributed by atoms with Crippen LogP contribution in [-0.2, 0) is 11.2 Å². The van der Waals surface area contributed by atoms with Crippen molar-refractivity contribution in [2.24, 2.45) is 5.73 Å². The molecule has 1 unspecified atom stereocenters. The molecule has 1 heterocycles.